The van der Waals surface area contributed by atoms with Crippen molar-refractivity contribution in [1.82, 2.24) is 0 Å². The van der Waals surface area contributed by atoms with E-state index in [0.717, 1.165) is 5.56 Å². The fraction of sp³-hybridized carbons (Fsp3) is 0.300. The van der Waals surface area contributed by atoms with E-state index < -0.39 is 12.0 Å². The van der Waals surface area contributed by atoms with Gasteiger partial charge in [0.25, 0.3) is 5.97 Å². The van der Waals surface area contributed by atoms with Gasteiger partial charge in [0.2, 0.25) is 0 Å². The summed E-state index contributed by atoms with van der Waals surface area (Å²) < 4.78 is 5.07. The molecule has 1 unspecified atom stereocenters. The van der Waals surface area contributed by atoms with Crippen molar-refractivity contribution in [3.05, 3.63) is 41.6 Å². The number of aliphatic carboxylic acids is 1. The maximum atomic E-state index is 10.3. The van der Waals surface area contributed by atoms with Crippen molar-refractivity contribution in [2.24, 2.45) is 0 Å². The van der Waals surface area contributed by atoms with Crippen molar-refractivity contribution in [1.29, 1.82) is 0 Å². The van der Waals surface area contributed by atoms with Crippen molar-refractivity contribution in [3.63, 3.8) is 0 Å². The van der Waals surface area contributed by atoms with Gasteiger partial charge in [-0.05, 0) is 11.6 Å². The Hall–Kier alpha value is -0.702. The number of hydrogen-bond donors (Lipinski definition) is 1. The summed E-state index contributed by atoms with van der Waals surface area (Å²) in [6.07, 6.45) is 0. The van der Waals surface area contributed by atoms with Gasteiger partial charge in [-0.15, -0.1) is 0 Å². The number of carboxylic acids is 1. The van der Waals surface area contributed by atoms with Crippen LogP contribution in [0.1, 0.15) is 5.56 Å². The Morgan fingerprint density at radius 2 is 2.00 bits per heavy atom. The molecular formula is C10H12NO3Pt-. The largest absolute Gasteiger partial charge is 0.663 e. The first-order valence-corrected chi connectivity index (χ1v) is 4.25. The molecule has 1 atom stereocenters. The zero-order chi connectivity index (χ0) is 10.4. The van der Waals surface area contributed by atoms with E-state index >= 15 is 0 Å². The molecule has 0 saturated carbocycles. The summed E-state index contributed by atoms with van der Waals surface area (Å²) in [5.74, 6) is -1.15. The Labute approximate surface area is 103 Å². The van der Waals surface area contributed by atoms with Crippen LogP contribution in [0.5, 0.6) is 0 Å². The third-order valence-corrected chi connectivity index (χ3v) is 1.69. The molecular weight excluding hydrogens is 377 g/mol. The van der Waals surface area contributed by atoms with Gasteiger partial charge in [0.05, 0.1) is 6.61 Å². The van der Waals surface area contributed by atoms with Gasteiger partial charge in [-0.1, -0.05) is 30.3 Å². The summed E-state index contributed by atoms with van der Waals surface area (Å²) in [6.45, 7) is 0.272. The number of rotatable bonds is 5. The first-order valence-electron chi connectivity index (χ1n) is 4.25. The van der Waals surface area contributed by atoms with E-state index in [1.165, 1.54) is 0 Å². The summed E-state index contributed by atoms with van der Waals surface area (Å²) in [6, 6.07) is 8.24. The van der Waals surface area contributed by atoms with Gasteiger partial charge in [-0.3, -0.25) is 4.79 Å². The molecule has 1 aromatic rings. The molecule has 0 aliphatic carbocycles. The third-order valence-electron chi connectivity index (χ3n) is 1.69. The van der Waals surface area contributed by atoms with Crippen LogP contribution in [0.3, 0.4) is 0 Å². The number of nitrogens with one attached hydrogen (secondary N) is 1. The molecule has 0 heterocycles. The van der Waals surface area contributed by atoms with Crippen molar-refractivity contribution < 1.29 is 35.7 Å². The predicted octanol–water partition coefficient (Wildman–Crippen LogP) is 1.71. The van der Waals surface area contributed by atoms with Gasteiger partial charge in [0, 0.05) is 27.7 Å². The van der Waals surface area contributed by atoms with E-state index in [2.05, 4.69) is 0 Å². The first kappa shape index (κ1) is 14.3. The van der Waals surface area contributed by atoms with E-state index in [1.54, 1.807) is 0 Å². The monoisotopic (exact) mass is 389 g/mol. The summed E-state index contributed by atoms with van der Waals surface area (Å²) in [7, 11) is 0. The van der Waals surface area contributed by atoms with Crippen LogP contribution in [0.15, 0.2) is 30.3 Å². The van der Waals surface area contributed by atoms with Gasteiger partial charge < -0.3 is 15.6 Å². The second-order valence-corrected chi connectivity index (χ2v) is 2.89. The summed E-state index contributed by atoms with van der Waals surface area (Å²) in [5.41, 5.74) is 8.04. The van der Waals surface area contributed by atoms with E-state index in [-0.39, 0.29) is 27.7 Å². The number of benzene rings is 1. The van der Waals surface area contributed by atoms with Crippen LogP contribution < -0.4 is 0 Å². The molecule has 2 N–H and O–H groups in total. The molecule has 1 aromatic carbocycles. The van der Waals surface area contributed by atoms with Crippen LogP contribution in [0, 0.1) is 0 Å². The average Bonchev–Trinajstić information content (AvgIpc) is 2.19. The molecule has 0 aliphatic heterocycles. The van der Waals surface area contributed by atoms with E-state index in [9.17, 15) is 4.79 Å². The maximum absolute atomic E-state index is 10.3. The molecule has 0 aliphatic rings. The molecule has 0 fully saturated rings. The quantitative estimate of drug-likeness (QED) is 0.834. The predicted molar refractivity (Wildman–Crippen MR) is 51.8 cm³/mol. The van der Waals surface area contributed by atoms with Crippen LogP contribution in [-0.4, -0.2) is 23.7 Å². The molecule has 0 amide bonds. The minimum absolute atomic E-state index is 0. The SMILES string of the molecule is [NH-]C(COCc1ccccc1)C(=O)O.[Pt]. The minimum Gasteiger partial charge on any atom is -0.663 e. The van der Waals surface area contributed by atoms with Crippen molar-refractivity contribution >= 4 is 5.97 Å². The normalized spacial score (nSPS) is 11.5. The molecule has 0 radical (unpaired) electrons. The summed E-state index contributed by atoms with van der Waals surface area (Å²) in [4.78, 5) is 10.3. The maximum Gasteiger partial charge on any atom is 0.287 e. The Bertz CT molecular complexity index is 292. The topological polar surface area (TPSA) is 70.3 Å². The Kier molecular flexibility index (Phi) is 7.22. The van der Waals surface area contributed by atoms with Gasteiger partial charge in [-0.2, -0.15) is 0 Å². The summed E-state index contributed by atoms with van der Waals surface area (Å²) in [5, 5.41) is 8.41. The van der Waals surface area contributed by atoms with E-state index in [1.807, 2.05) is 30.3 Å². The smallest absolute Gasteiger partial charge is 0.287 e. The van der Waals surface area contributed by atoms with Gasteiger partial charge in [0.1, 0.15) is 0 Å². The number of carbonyl (C=O) groups is 1. The van der Waals surface area contributed by atoms with Crippen LogP contribution in [0.4, 0.5) is 0 Å². The van der Waals surface area contributed by atoms with Crippen molar-refractivity contribution in [2.75, 3.05) is 6.61 Å². The van der Waals surface area contributed by atoms with Crippen LogP contribution >= 0.6 is 0 Å². The molecule has 4 nitrogen and oxygen atoms in total. The van der Waals surface area contributed by atoms with Gasteiger partial charge in [-0.25, -0.2) is 0 Å². The third kappa shape index (κ3) is 5.67. The van der Waals surface area contributed by atoms with Crippen LogP contribution in [0.25, 0.3) is 5.73 Å². The number of hydrogen-bond acceptors (Lipinski definition) is 2. The Morgan fingerprint density at radius 3 is 2.53 bits per heavy atom. The van der Waals surface area contributed by atoms with Crippen molar-refractivity contribution in [3.8, 4) is 0 Å². The van der Waals surface area contributed by atoms with Crippen LogP contribution in [0.2, 0.25) is 0 Å². The van der Waals surface area contributed by atoms with Gasteiger partial charge in [0.15, 0.2) is 0 Å². The second-order valence-electron chi connectivity index (χ2n) is 2.89. The zero-order valence-corrected chi connectivity index (χ0v) is 10.2. The molecule has 5 heteroatoms. The number of carboxylic acid groups (broad SMARTS) is 1. The molecule has 1 rings (SSSR count). The first-order chi connectivity index (χ1) is 6.70. The van der Waals surface area contributed by atoms with Gasteiger partial charge >= 0.3 is 0 Å². The Balaban J connectivity index is 0.00000196. The number of ether oxygens (including phenoxy) is 1. The van der Waals surface area contributed by atoms with Crippen LogP contribution in [-0.2, 0) is 37.2 Å². The molecule has 0 bridgehead atoms. The molecule has 86 valence electrons. The minimum atomic E-state index is -1.20. The molecule has 0 aromatic heterocycles. The molecule has 0 saturated heterocycles. The zero-order valence-electron chi connectivity index (χ0n) is 7.96. The fourth-order valence-electron chi connectivity index (χ4n) is 0.940. The average molecular weight is 389 g/mol. The summed E-state index contributed by atoms with van der Waals surface area (Å²) >= 11 is 0. The van der Waals surface area contributed by atoms with E-state index in [0.29, 0.717) is 6.61 Å². The van der Waals surface area contributed by atoms with Crippen molar-refractivity contribution in [2.45, 2.75) is 12.6 Å². The standard InChI is InChI=1S/C10H12NO3.Pt/c11-9(10(12)13)7-14-6-8-4-2-1-3-5-8;/h1-5,9,11H,6-7H2,(H,12,13);/q-1;. The molecule has 0 spiro atoms. The Morgan fingerprint density at radius 1 is 1.40 bits per heavy atom. The second kappa shape index (κ2) is 7.57. The fourth-order valence-corrected chi connectivity index (χ4v) is 0.940. The van der Waals surface area contributed by atoms with E-state index in [4.69, 9.17) is 15.6 Å². The molecule has 15 heavy (non-hydrogen) atoms.